The van der Waals surface area contributed by atoms with Crippen LogP contribution in [0.1, 0.15) is 43.1 Å². The highest BCUT2D eigenvalue weighted by molar-refractivity contribution is 6.05. The Hall–Kier alpha value is -2.66. The van der Waals surface area contributed by atoms with Gasteiger partial charge in [0.25, 0.3) is 5.91 Å². The van der Waals surface area contributed by atoms with Crippen molar-refractivity contribution in [2.45, 2.75) is 33.7 Å². The van der Waals surface area contributed by atoms with Crippen LogP contribution >= 0.6 is 0 Å². The molecule has 0 bridgehead atoms. The first-order valence-corrected chi connectivity index (χ1v) is 9.08. The summed E-state index contributed by atoms with van der Waals surface area (Å²) < 4.78 is 0. The fraction of sp³-hybridized carbons (Fsp3) is 0.333. The smallest absolute Gasteiger partial charge is 0.255 e. The molecule has 0 unspecified atom stereocenters. The summed E-state index contributed by atoms with van der Waals surface area (Å²) in [6, 6.07) is 14.8. The van der Waals surface area contributed by atoms with Crippen molar-refractivity contribution in [2.24, 2.45) is 0 Å². The second-order valence-electron chi connectivity index (χ2n) is 6.10. The molecule has 5 nitrogen and oxygen atoms in total. The van der Waals surface area contributed by atoms with Gasteiger partial charge in [0.2, 0.25) is 5.91 Å². The Labute approximate surface area is 155 Å². The fourth-order valence-corrected chi connectivity index (χ4v) is 2.64. The maximum Gasteiger partial charge on any atom is 0.255 e. The SMILES string of the molecule is CCC(=O)Nc1cccc(C(=O)Nc2cccc(CN(CC)CC)c2)c1. The van der Waals surface area contributed by atoms with Crippen molar-refractivity contribution in [3.05, 3.63) is 59.7 Å². The number of anilines is 2. The summed E-state index contributed by atoms with van der Waals surface area (Å²) in [6.07, 6.45) is 0.399. The molecule has 0 atom stereocenters. The molecule has 0 aliphatic heterocycles. The Morgan fingerprint density at radius 2 is 1.54 bits per heavy atom. The molecule has 0 aliphatic rings. The zero-order chi connectivity index (χ0) is 18.9. The van der Waals surface area contributed by atoms with E-state index in [1.165, 1.54) is 0 Å². The minimum Gasteiger partial charge on any atom is -0.326 e. The molecule has 2 rings (SSSR count). The van der Waals surface area contributed by atoms with Crippen LogP contribution in [-0.4, -0.2) is 29.8 Å². The molecular weight excluding hydrogens is 326 g/mol. The molecule has 26 heavy (non-hydrogen) atoms. The Bertz CT molecular complexity index is 754. The zero-order valence-corrected chi connectivity index (χ0v) is 15.7. The molecule has 0 aliphatic carbocycles. The van der Waals surface area contributed by atoms with Crippen molar-refractivity contribution in [3.63, 3.8) is 0 Å². The summed E-state index contributed by atoms with van der Waals surface area (Å²) in [5, 5.41) is 5.70. The Balaban J connectivity index is 2.08. The maximum atomic E-state index is 12.5. The molecule has 0 heterocycles. The summed E-state index contributed by atoms with van der Waals surface area (Å²) in [5.41, 5.74) is 3.06. The number of benzene rings is 2. The standard InChI is InChI=1S/C21H27N3O2/c1-4-20(25)22-19-12-8-10-17(14-19)21(26)23-18-11-7-9-16(13-18)15-24(5-2)6-3/h7-14H,4-6,15H2,1-3H3,(H,22,25)(H,23,26). The molecule has 0 radical (unpaired) electrons. The Morgan fingerprint density at radius 3 is 2.19 bits per heavy atom. The van der Waals surface area contributed by atoms with E-state index in [1.54, 1.807) is 31.2 Å². The van der Waals surface area contributed by atoms with E-state index in [0.717, 1.165) is 30.9 Å². The molecular formula is C21H27N3O2. The third-order valence-corrected chi connectivity index (χ3v) is 4.22. The van der Waals surface area contributed by atoms with E-state index >= 15 is 0 Å². The predicted octanol–water partition coefficient (Wildman–Crippen LogP) is 4.13. The molecule has 0 spiro atoms. The van der Waals surface area contributed by atoms with Crippen LogP contribution in [0, 0.1) is 0 Å². The van der Waals surface area contributed by atoms with E-state index in [-0.39, 0.29) is 11.8 Å². The second-order valence-corrected chi connectivity index (χ2v) is 6.10. The molecule has 5 heteroatoms. The van der Waals surface area contributed by atoms with Crippen molar-refractivity contribution >= 4 is 23.2 Å². The lowest BCUT2D eigenvalue weighted by molar-refractivity contribution is -0.115. The van der Waals surface area contributed by atoms with Gasteiger partial charge < -0.3 is 10.6 Å². The summed E-state index contributed by atoms with van der Waals surface area (Å²) in [7, 11) is 0. The van der Waals surface area contributed by atoms with Crippen molar-refractivity contribution < 1.29 is 9.59 Å². The largest absolute Gasteiger partial charge is 0.326 e. The van der Waals surface area contributed by atoms with Gasteiger partial charge in [-0.25, -0.2) is 0 Å². The highest BCUT2D eigenvalue weighted by atomic mass is 16.2. The molecule has 0 fully saturated rings. The third kappa shape index (κ3) is 5.70. The lowest BCUT2D eigenvalue weighted by Crippen LogP contribution is -2.22. The van der Waals surface area contributed by atoms with Gasteiger partial charge in [-0.2, -0.15) is 0 Å². The summed E-state index contributed by atoms with van der Waals surface area (Å²) in [6.45, 7) is 8.90. The molecule has 2 amide bonds. The van der Waals surface area contributed by atoms with Gasteiger partial charge in [0, 0.05) is 29.9 Å². The van der Waals surface area contributed by atoms with Gasteiger partial charge in [0.15, 0.2) is 0 Å². The van der Waals surface area contributed by atoms with Gasteiger partial charge in [-0.15, -0.1) is 0 Å². The van der Waals surface area contributed by atoms with Crippen molar-refractivity contribution in [1.29, 1.82) is 0 Å². The monoisotopic (exact) mass is 353 g/mol. The van der Waals surface area contributed by atoms with E-state index in [9.17, 15) is 9.59 Å². The maximum absolute atomic E-state index is 12.5. The first-order chi connectivity index (χ1) is 12.5. The molecule has 2 N–H and O–H groups in total. The number of nitrogens with zero attached hydrogens (tertiary/aromatic N) is 1. The molecule has 138 valence electrons. The lowest BCUT2D eigenvalue weighted by Gasteiger charge is -2.18. The highest BCUT2D eigenvalue weighted by Gasteiger charge is 2.09. The number of hydrogen-bond acceptors (Lipinski definition) is 3. The molecule has 0 aromatic heterocycles. The Morgan fingerprint density at radius 1 is 0.885 bits per heavy atom. The van der Waals surface area contributed by atoms with Crippen molar-refractivity contribution in [3.8, 4) is 0 Å². The van der Waals surface area contributed by atoms with Crippen LogP contribution in [0.4, 0.5) is 11.4 Å². The molecule has 2 aromatic rings. The minimum atomic E-state index is -0.197. The van der Waals surface area contributed by atoms with Crippen molar-refractivity contribution in [2.75, 3.05) is 23.7 Å². The molecule has 0 saturated carbocycles. The van der Waals surface area contributed by atoms with E-state index in [2.05, 4.69) is 35.4 Å². The number of hydrogen-bond donors (Lipinski definition) is 2. The summed E-state index contributed by atoms with van der Waals surface area (Å²) >= 11 is 0. The Kier molecular flexibility index (Phi) is 7.36. The normalized spacial score (nSPS) is 10.6. The fourth-order valence-electron chi connectivity index (χ4n) is 2.64. The van der Waals surface area contributed by atoms with Crippen LogP contribution in [0.5, 0.6) is 0 Å². The first-order valence-electron chi connectivity index (χ1n) is 9.08. The van der Waals surface area contributed by atoms with Gasteiger partial charge in [-0.1, -0.05) is 39.0 Å². The van der Waals surface area contributed by atoms with Gasteiger partial charge in [-0.05, 0) is 49.0 Å². The first kappa shape index (κ1) is 19.7. The molecule has 2 aromatic carbocycles. The average molecular weight is 353 g/mol. The lowest BCUT2D eigenvalue weighted by atomic mass is 10.1. The quantitative estimate of drug-likeness (QED) is 0.750. The molecule has 0 saturated heterocycles. The summed E-state index contributed by atoms with van der Waals surface area (Å²) in [4.78, 5) is 26.4. The van der Waals surface area contributed by atoms with Crippen LogP contribution in [0.2, 0.25) is 0 Å². The number of carbonyl (C=O) groups is 2. The summed E-state index contributed by atoms with van der Waals surface area (Å²) in [5.74, 6) is -0.274. The zero-order valence-electron chi connectivity index (χ0n) is 15.7. The number of nitrogens with one attached hydrogen (secondary N) is 2. The third-order valence-electron chi connectivity index (χ3n) is 4.22. The minimum absolute atomic E-state index is 0.0772. The second kappa shape index (κ2) is 9.73. The van der Waals surface area contributed by atoms with Crippen LogP contribution in [-0.2, 0) is 11.3 Å². The van der Waals surface area contributed by atoms with Crippen LogP contribution in [0.3, 0.4) is 0 Å². The predicted molar refractivity (Wildman–Crippen MR) is 106 cm³/mol. The van der Waals surface area contributed by atoms with E-state index in [0.29, 0.717) is 17.7 Å². The van der Waals surface area contributed by atoms with E-state index < -0.39 is 0 Å². The van der Waals surface area contributed by atoms with Gasteiger partial charge in [-0.3, -0.25) is 14.5 Å². The topological polar surface area (TPSA) is 61.4 Å². The van der Waals surface area contributed by atoms with Crippen LogP contribution in [0.15, 0.2) is 48.5 Å². The average Bonchev–Trinajstić information content (AvgIpc) is 2.66. The van der Waals surface area contributed by atoms with Gasteiger partial charge >= 0.3 is 0 Å². The number of amides is 2. The highest BCUT2D eigenvalue weighted by Crippen LogP contribution is 2.16. The van der Waals surface area contributed by atoms with Gasteiger partial charge in [0.05, 0.1) is 0 Å². The van der Waals surface area contributed by atoms with E-state index in [4.69, 9.17) is 0 Å². The number of carbonyl (C=O) groups excluding carboxylic acids is 2. The van der Waals surface area contributed by atoms with Crippen molar-refractivity contribution in [1.82, 2.24) is 4.90 Å². The number of rotatable bonds is 8. The van der Waals surface area contributed by atoms with Crippen LogP contribution < -0.4 is 10.6 Å². The van der Waals surface area contributed by atoms with Gasteiger partial charge in [0.1, 0.15) is 0 Å². The van der Waals surface area contributed by atoms with Crippen LogP contribution in [0.25, 0.3) is 0 Å². The van der Waals surface area contributed by atoms with E-state index in [1.807, 2.05) is 18.2 Å².